The summed E-state index contributed by atoms with van der Waals surface area (Å²) in [4.78, 5) is 0. The number of rotatable bonds is 2. The Labute approximate surface area is 121 Å². The molecule has 1 saturated carbocycles. The van der Waals surface area contributed by atoms with Crippen LogP contribution in [0.3, 0.4) is 0 Å². The number of nitrogens with one attached hydrogen (secondary N) is 1. The standard InChI is InChI=1S/C14H20O3.C2H7N/c1-10-8-12(15)6-7-14(10,16)11-4-3-5-13(9-11)17-2;1-3-2/h3-5,9-10,12,15-16H,6-8H2,1-2H3;3H,1-2H3. The Bertz CT molecular complexity index is 410. The highest BCUT2D eigenvalue weighted by atomic mass is 16.5. The lowest BCUT2D eigenvalue weighted by atomic mass is 9.71. The predicted octanol–water partition coefficient (Wildman–Crippen LogP) is 1.90. The van der Waals surface area contributed by atoms with E-state index in [2.05, 4.69) is 5.32 Å². The molecular weight excluding hydrogens is 254 g/mol. The van der Waals surface area contributed by atoms with Gasteiger partial charge in [-0.1, -0.05) is 19.1 Å². The maximum absolute atomic E-state index is 10.8. The summed E-state index contributed by atoms with van der Waals surface area (Å²) < 4.78 is 5.19. The molecule has 0 aromatic heterocycles. The van der Waals surface area contributed by atoms with Crippen molar-refractivity contribution < 1.29 is 14.9 Å². The van der Waals surface area contributed by atoms with Gasteiger partial charge in [-0.15, -0.1) is 0 Å². The molecule has 1 aromatic carbocycles. The highest BCUT2D eigenvalue weighted by Gasteiger charge is 2.40. The van der Waals surface area contributed by atoms with E-state index >= 15 is 0 Å². The van der Waals surface area contributed by atoms with Gasteiger partial charge >= 0.3 is 0 Å². The summed E-state index contributed by atoms with van der Waals surface area (Å²) in [6.07, 6.45) is 1.62. The van der Waals surface area contributed by atoms with Crippen LogP contribution in [0.5, 0.6) is 5.75 Å². The summed E-state index contributed by atoms with van der Waals surface area (Å²) in [5.74, 6) is 0.813. The molecule has 0 bridgehead atoms. The van der Waals surface area contributed by atoms with Crippen LogP contribution in [0.1, 0.15) is 31.7 Å². The van der Waals surface area contributed by atoms with Gasteiger partial charge in [0, 0.05) is 0 Å². The van der Waals surface area contributed by atoms with Crippen LogP contribution in [-0.2, 0) is 5.60 Å². The molecule has 4 heteroatoms. The fourth-order valence-corrected chi connectivity index (χ4v) is 2.68. The maximum Gasteiger partial charge on any atom is 0.119 e. The van der Waals surface area contributed by atoms with Gasteiger partial charge in [-0.05, 0) is 57.0 Å². The van der Waals surface area contributed by atoms with Gasteiger partial charge in [0.15, 0.2) is 0 Å². The first kappa shape index (κ1) is 17.0. The van der Waals surface area contributed by atoms with Crippen molar-refractivity contribution in [3.05, 3.63) is 29.8 Å². The molecule has 0 spiro atoms. The number of methoxy groups -OCH3 is 1. The van der Waals surface area contributed by atoms with E-state index in [1.165, 1.54) is 0 Å². The fraction of sp³-hybridized carbons (Fsp3) is 0.625. The molecule has 0 amide bonds. The first-order valence-corrected chi connectivity index (χ1v) is 7.11. The van der Waals surface area contributed by atoms with Crippen molar-refractivity contribution in [2.45, 2.75) is 37.9 Å². The van der Waals surface area contributed by atoms with Crippen molar-refractivity contribution in [2.75, 3.05) is 21.2 Å². The number of hydrogen-bond acceptors (Lipinski definition) is 4. The van der Waals surface area contributed by atoms with E-state index in [9.17, 15) is 10.2 Å². The molecule has 1 aliphatic rings. The summed E-state index contributed by atoms with van der Waals surface area (Å²) in [6.45, 7) is 1.99. The third-order valence-electron chi connectivity index (χ3n) is 3.87. The van der Waals surface area contributed by atoms with Crippen LogP contribution < -0.4 is 10.1 Å². The molecule has 1 aromatic rings. The molecule has 4 nitrogen and oxygen atoms in total. The molecule has 3 atom stereocenters. The number of benzene rings is 1. The highest BCUT2D eigenvalue weighted by molar-refractivity contribution is 5.33. The van der Waals surface area contributed by atoms with E-state index in [4.69, 9.17) is 4.74 Å². The number of ether oxygens (including phenoxy) is 1. The molecule has 2 rings (SSSR count). The summed E-state index contributed by atoms with van der Waals surface area (Å²) in [5, 5.41) is 23.2. The third kappa shape index (κ3) is 3.95. The van der Waals surface area contributed by atoms with Gasteiger partial charge in [-0.2, -0.15) is 0 Å². The third-order valence-corrected chi connectivity index (χ3v) is 3.87. The minimum absolute atomic E-state index is 0.0540. The van der Waals surface area contributed by atoms with E-state index in [-0.39, 0.29) is 12.0 Å². The van der Waals surface area contributed by atoms with Crippen LogP contribution in [-0.4, -0.2) is 37.5 Å². The van der Waals surface area contributed by atoms with Gasteiger partial charge in [-0.3, -0.25) is 0 Å². The van der Waals surface area contributed by atoms with E-state index in [0.29, 0.717) is 19.3 Å². The zero-order chi connectivity index (χ0) is 15.2. The average Bonchev–Trinajstić information content (AvgIpc) is 2.44. The molecule has 20 heavy (non-hydrogen) atoms. The van der Waals surface area contributed by atoms with Crippen LogP contribution in [0, 0.1) is 5.92 Å². The minimum Gasteiger partial charge on any atom is -0.497 e. The lowest BCUT2D eigenvalue weighted by molar-refractivity contribution is -0.0793. The molecule has 0 heterocycles. The second kappa shape index (κ2) is 7.62. The van der Waals surface area contributed by atoms with Crippen molar-refractivity contribution in [2.24, 2.45) is 5.92 Å². The zero-order valence-electron chi connectivity index (χ0n) is 12.9. The van der Waals surface area contributed by atoms with Gasteiger partial charge < -0.3 is 20.3 Å². The monoisotopic (exact) mass is 281 g/mol. The Morgan fingerprint density at radius 3 is 2.55 bits per heavy atom. The van der Waals surface area contributed by atoms with E-state index in [0.717, 1.165) is 11.3 Å². The van der Waals surface area contributed by atoms with Crippen molar-refractivity contribution in [1.29, 1.82) is 0 Å². The molecule has 1 aliphatic carbocycles. The lowest BCUT2D eigenvalue weighted by Gasteiger charge is -2.40. The Hall–Kier alpha value is -1.10. The largest absolute Gasteiger partial charge is 0.497 e. The Kier molecular flexibility index (Phi) is 6.46. The first-order chi connectivity index (χ1) is 9.47. The number of hydrogen-bond donors (Lipinski definition) is 3. The van der Waals surface area contributed by atoms with Gasteiger partial charge in [0.2, 0.25) is 0 Å². The molecule has 0 radical (unpaired) electrons. The van der Waals surface area contributed by atoms with E-state index in [1.54, 1.807) is 7.11 Å². The SMILES string of the molecule is CNC.COc1cccc(C2(O)CCC(O)CC2C)c1. The van der Waals surface area contributed by atoms with Crippen LogP contribution in [0.15, 0.2) is 24.3 Å². The number of aliphatic hydroxyl groups is 2. The lowest BCUT2D eigenvalue weighted by Crippen LogP contribution is -2.40. The summed E-state index contributed by atoms with van der Waals surface area (Å²) >= 11 is 0. The van der Waals surface area contributed by atoms with Crippen molar-refractivity contribution in [3.63, 3.8) is 0 Å². The van der Waals surface area contributed by atoms with Crippen LogP contribution in [0.2, 0.25) is 0 Å². The molecule has 3 N–H and O–H groups in total. The van der Waals surface area contributed by atoms with Gasteiger partial charge in [0.25, 0.3) is 0 Å². The van der Waals surface area contributed by atoms with Crippen molar-refractivity contribution in [3.8, 4) is 5.75 Å². The first-order valence-electron chi connectivity index (χ1n) is 7.11. The van der Waals surface area contributed by atoms with Crippen LogP contribution in [0.25, 0.3) is 0 Å². The van der Waals surface area contributed by atoms with E-state index in [1.807, 2.05) is 45.3 Å². The second-order valence-corrected chi connectivity index (χ2v) is 5.49. The van der Waals surface area contributed by atoms with Crippen LogP contribution >= 0.6 is 0 Å². The summed E-state index contributed by atoms with van der Waals surface area (Å²) in [6, 6.07) is 7.57. The maximum atomic E-state index is 10.8. The highest BCUT2D eigenvalue weighted by Crippen LogP contribution is 2.42. The Morgan fingerprint density at radius 1 is 1.35 bits per heavy atom. The molecule has 114 valence electrons. The predicted molar refractivity (Wildman–Crippen MR) is 80.9 cm³/mol. The molecule has 1 fully saturated rings. The van der Waals surface area contributed by atoms with Crippen molar-refractivity contribution in [1.82, 2.24) is 5.32 Å². The second-order valence-electron chi connectivity index (χ2n) is 5.49. The molecule has 0 aliphatic heterocycles. The smallest absolute Gasteiger partial charge is 0.119 e. The fourth-order valence-electron chi connectivity index (χ4n) is 2.68. The molecule has 0 saturated heterocycles. The van der Waals surface area contributed by atoms with Crippen molar-refractivity contribution >= 4 is 0 Å². The molecule has 3 unspecified atom stereocenters. The van der Waals surface area contributed by atoms with E-state index < -0.39 is 5.60 Å². The van der Waals surface area contributed by atoms with Gasteiger partial charge in [-0.25, -0.2) is 0 Å². The summed E-state index contributed by atoms with van der Waals surface area (Å²) in [7, 11) is 5.37. The van der Waals surface area contributed by atoms with Gasteiger partial charge in [0.05, 0.1) is 18.8 Å². The molecular formula is C16H27NO3. The van der Waals surface area contributed by atoms with Gasteiger partial charge in [0.1, 0.15) is 5.75 Å². The average molecular weight is 281 g/mol. The normalized spacial score (nSPS) is 29.3. The quantitative estimate of drug-likeness (QED) is 0.775. The van der Waals surface area contributed by atoms with Crippen LogP contribution in [0.4, 0.5) is 0 Å². The Balaban J connectivity index is 0.000000612. The Morgan fingerprint density at radius 2 is 2.00 bits per heavy atom. The summed E-state index contributed by atoms with van der Waals surface area (Å²) in [5.41, 5.74) is 0.0459. The topological polar surface area (TPSA) is 61.7 Å². The minimum atomic E-state index is -0.840. The number of aliphatic hydroxyl groups excluding tert-OH is 1. The zero-order valence-corrected chi connectivity index (χ0v) is 12.9.